The highest BCUT2D eigenvalue weighted by Gasteiger charge is 2.22. The highest BCUT2D eigenvalue weighted by atomic mass is 16.3. The van der Waals surface area contributed by atoms with Gasteiger partial charge in [0.05, 0.1) is 0 Å². The summed E-state index contributed by atoms with van der Waals surface area (Å²) in [6, 6.07) is 13.1. The Morgan fingerprint density at radius 2 is 1.68 bits per heavy atom. The Hall–Kier alpha value is -3.22. The number of hydrogen-bond acceptors (Lipinski definition) is 4. The van der Waals surface area contributed by atoms with Crippen molar-refractivity contribution in [1.82, 2.24) is 4.90 Å². The predicted octanol–water partition coefficient (Wildman–Crippen LogP) is 1.85. The first kappa shape index (κ1) is 16.6. The lowest BCUT2D eigenvalue weighted by molar-refractivity contribution is 0.0747. The fourth-order valence-corrected chi connectivity index (χ4v) is 2.89. The molecule has 0 aromatic heterocycles. The summed E-state index contributed by atoms with van der Waals surface area (Å²) in [5, 5.41) is 11.8. The van der Waals surface area contributed by atoms with E-state index in [0.29, 0.717) is 24.3 Å². The summed E-state index contributed by atoms with van der Waals surface area (Å²) >= 11 is 0. The number of aromatic hydroxyl groups is 1. The number of carbonyl (C=O) groups excluding carboxylic acids is 2. The molecule has 25 heavy (non-hydrogen) atoms. The molecule has 1 aliphatic rings. The van der Waals surface area contributed by atoms with Crippen LogP contribution in [-0.2, 0) is 0 Å². The van der Waals surface area contributed by atoms with Gasteiger partial charge in [-0.3, -0.25) is 4.79 Å². The molecule has 2 aromatic carbocycles. The Bertz CT molecular complexity index is 768. The average Bonchev–Trinajstić information content (AvgIpc) is 2.62. The molecule has 1 aliphatic heterocycles. The number of urea groups is 1. The fourth-order valence-electron chi connectivity index (χ4n) is 2.89. The largest absolute Gasteiger partial charge is 0.508 e. The van der Waals surface area contributed by atoms with Gasteiger partial charge in [0.15, 0.2) is 0 Å². The molecule has 130 valence electrons. The summed E-state index contributed by atoms with van der Waals surface area (Å²) in [5.41, 5.74) is 7.15. The van der Waals surface area contributed by atoms with Gasteiger partial charge in [-0.2, -0.15) is 0 Å². The minimum atomic E-state index is -0.660. The van der Waals surface area contributed by atoms with Crippen molar-refractivity contribution in [1.29, 1.82) is 0 Å². The van der Waals surface area contributed by atoms with Crippen LogP contribution < -0.4 is 16.0 Å². The first-order valence-corrected chi connectivity index (χ1v) is 8.03. The van der Waals surface area contributed by atoms with Crippen LogP contribution in [0.1, 0.15) is 10.4 Å². The van der Waals surface area contributed by atoms with Gasteiger partial charge in [-0.05, 0) is 42.5 Å². The van der Waals surface area contributed by atoms with E-state index in [9.17, 15) is 14.7 Å². The lowest BCUT2D eigenvalue weighted by Crippen LogP contribution is -2.48. The molecule has 0 spiro atoms. The van der Waals surface area contributed by atoms with Crippen LogP contribution in [-0.4, -0.2) is 48.1 Å². The van der Waals surface area contributed by atoms with E-state index in [0.717, 1.165) is 18.8 Å². The third-order valence-corrected chi connectivity index (χ3v) is 4.16. The number of phenols is 1. The normalized spacial score (nSPS) is 14.2. The van der Waals surface area contributed by atoms with Gasteiger partial charge in [-0.1, -0.05) is 6.07 Å². The molecule has 0 bridgehead atoms. The maximum atomic E-state index is 12.7. The van der Waals surface area contributed by atoms with Gasteiger partial charge >= 0.3 is 6.03 Å². The molecule has 2 aromatic rings. The fraction of sp³-hybridized carbons (Fsp3) is 0.222. The van der Waals surface area contributed by atoms with Crippen LogP contribution in [0.15, 0.2) is 48.5 Å². The standard InChI is InChI=1S/C18H20N4O3/c19-18(25)20-14-3-1-2-13(12-14)17(24)22-10-8-21(9-11-22)15-4-6-16(23)7-5-15/h1-7,12,23H,8-11H2,(H3,19,20,25). The zero-order valence-electron chi connectivity index (χ0n) is 13.7. The first-order chi connectivity index (χ1) is 12.0. The van der Waals surface area contributed by atoms with Crippen molar-refractivity contribution in [2.45, 2.75) is 0 Å². The second-order valence-electron chi connectivity index (χ2n) is 5.87. The van der Waals surface area contributed by atoms with E-state index < -0.39 is 6.03 Å². The molecule has 0 atom stereocenters. The van der Waals surface area contributed by atoms with E-state index >= 15 is 0 Å². The molecular formula is C18H20N4O3. The molecule has 0 radical (unpaired) electrons. The third-order valence-electron chi connectivity index (χ3n) is 4.16. The zero-order chi connectivity index (χ0) is 17.8. The van der Waals surface area contributed by atoms with Crippen molar-refractivity contribution in [2.75, 3.05) is 36.4 Å². The van der Waals surface area contributed by atoms with E-state index in [2.05, 4.69) is 10.2 Å². The first-order valence-electron chi connectivity index (χ1n) is 8.03. The second-order valence-corrected chi connectivity index (χ2v) is 5.87. The number of amides is 3. The number of primary amides is 1. The van der Waals surface area contributed by atoms with Crippen molar-refractivity contribution in [3.63, 3.8) is 0 Å². The SMILES string of the molecule is NC(=O)Nc1cccc(C(=O)N2CCN(c3ccc(O)cc3)CC2)c1. The molecule has 7 nitrogen and oxygen atoms in total. The Labute approximate surface area is 145 Å². The highest BCUT2D eigenvalue weighted by Crippen LogP contribution is 2.21. The third kappa shape index (κ3) is 4.00. The number of carbonyl (C=O) groups is 2. The number of phenolic OH excluding ortho intramolecular Hbond substituents is 1. The predicted molar refractivity (Wildman–Crippen MR) is 95.9 cm³/mol. The van der Waals surface area contributed by atoms with Gasteiger partial charge in [0.1, 0.15) is 5.75 Å². The highest BCUT2D eigenvalue weighted by molar-refractivity contribution is 5.96. The number of anilines is 2. The van der Waals surface area contributed by atoms with Crippen LogP contribution in [0.4, 0.5) is 16.2 Å². The smallest absolute Gasteiger partial charge is 0.316 e. The second kappa shape index (κ2) is 7.12. The summed E-state index contributed by atoms with van der Waals surface area (Å²) in [6.07, 6.45) is 0. The van der Waals surface area contributed by atoms with Crippen LogP contribution in [0.3, 0.4) is 0 Å². The molecule has 1 fully saturated rings. The van der Waals surface area contributed by atoms with E-state index in [-0.39, 0.29) is 11.7 Å². The summed E-state index contributed by atoms with van der Waals surface area (Å²) in [5.74, 6) is 0.167. The van der Waals surface area contributed by atoms with Gasteiger partial charge < -0.3 is 26.0 Å². The molecule has 3 rings (SSSR count). The number of piperazine rings is 1. The van der Waals surface area contributed by atoms with Gasteiger partial charge in [0, 0.05) is 43.1 Å². The van der Waals surface area contributed by atoms with E-state index in [1.54, 1.807) is 41.3 Å². The monoisotopic (exact) mass is 340 g/mol. The minimum absolute atomic E-state index is 0.0709. The van der Waals surface area contributed by atoms with Gasteiger partial charge in [-0.25, -0.2) is 4.79 Å². The maximum Gasteiger partial charge on any atom is 0.316 e. The Morgan fingerprint density at radius 1 is 1.00 bits per heavy atom. The number of nitrogens with zero attached hydrogens (tertiary/aromatic N) is 2. The van der Waals surface area contributed by atoms with Crippen molar-refractivity contribution in [2.24, 2.45) is 5.73 Å². The molecule has 0 aliphatic carbocycles. The van der Waals surface area contributed by atoms with Crippen LogP contribution >= 0.6 is 0 Å². The summed E-state index contributed by atoms with van der Waals surface area (Å²) in [4.78, 5) is 27.6. The van der Waals surface area contributed by atoms with E-state index in [4.69, 9.17) is 5.73 Å². The van der Waals surface area contributed by atoms with Gasteiger partial charge in [0.25, 0.3) is 5.91 Å². The molecular weight excluding hydrogens is 320 g/mol. The number of rotatable bonds is 3. The average molecular weight is 340 g/mol. The van der Waals surface area contributed by atoms with Crippen molar-refractivity contribution in [3.8, 4) is 5.75 Å². The van der Waals surface area contributed by atoms with E-state index in [1.165, 1.54) is 0 Å². The van der Waals surface area contributed by atoms with Crippen LogP contribution in [0.25, 0.3) is 0 Å². The maximum absolute atomic E-state index is 12.7. The Kier molecular flexibility index (Phi) is 4.74. The minimum Gasteiger partial charge on any atom is -0.508 e. The lowest BCUT2D eigenvalue weighted by atomic mass is 10.1. The lowest BCUT2D eigenvalue weighted by Gasteiger charge is -2.36. The summed E-state index contributed by atoms with van der Waals surface area (Å²) in [6.45, 7) is 2.64. The summed E-state index contributed by atoms with van der Waals surface area (Å²) in [7, 11) is 0. The van der Waals surface area contributed by atoms with Crippen molar-refractivity contribution in [3.05, 3.63) is 54.1 Å². The molecule has 1 heterocycles. The topological polar surface area (TPSA) is 98.9 Å². The number of nitrogens with two attached hydrogens (primary N) is 1. The van der Waals surface area contributed by atoms with Crippen LogP contribution in [0.5, 0.6) is 5.75 Å². The number of hydrogen-bond donors (Lipinski definition) is 3. The Balaban J connectivity index is 1.63. The van der Waals surface area contributed by atoms with Crippen LogP contribution in [0.2, 0.25) is 0 Å². The molecule has 3 amide bonds. The zero-order valence-corrected chi connectivity index (χ0v) is 13.7. The molecule has 4 N–H and O–H groups in total. The quantitative estimate of drug-likeness (QED) is 0.794. The van der Waals surface area contributed by atoms with E-state index in [1.807, 2.05) is 12.1 Å². The van der Waals surface area contributed by atoms with Crippen LogP contribution in [0, 0.1) is 0 Å². The molecule has 0 saturated carbocycles. The van der Waals surface area contributed by atoms with Gasteiger partial charge in [-0.15, -0.1) is 0 Å². The number of benzene rings is 2. The molecule has 0 unspecified atom stereocenters. The van der Waals surface area contributed by atoms with Crippen molar-refractivity contribution >= 4 is 23.3 Å². The number of nitrogens with one attached hydrogen (secondary N) is 1. The molecule has 7 heteroatoms. The summed E-state index contributed by atoms with van der Waals surface area (Å²) < 4.78 is 0. The van der Waals surface area contributed by atoms with Gasteiger partial charge in [0.2, 0.25) is 0 Å². The molecule has 1 saturated heterocycles. The Morgan fingerprint density at radius 3 is 2.32 bits per heavy atom. The van der Waals surface area contributed by atoms with Crippen molar-refractivity contribution < 1.29 is 14.7 Å².